The van der Waals surface area contributed by atoms with Crippen LogP contribution in [-0.4, -0.2) is 11.2 Å². The number of aliphatic hydroxyl groups is 1. The van der Waals surface area contributed by atoms with Gasteiger partial charge in [-0.05, 0) is 92.3 Å². The van der Waals surface area contributed by atoms with Crippen molar-refractivity contribution in [3.05, 3.63) is 0 Å². The molecular weight excluding hydrogens is 244 g/mol. The molecule has 0 aromatic heterocycles. The van der Waals surface area contributed by atoms with Crippen LogP contribution in [0.2, 0.25) is 0 Å². The molecule has 0 aromatic carbocycles. The maximum atomic E-state index is 10.0. The molecule has 0 amide bonds. The van der Waals surface area contributed by atoms with E-state index >= 15 is 0 Å². The van der Waals surface area contributed by atoms with E-state index in [-0.39, 0.29) is 6.10 Å². The van der Waals surface area contributed by atoms with Gasteiger partial charge in [0.1, 0.15) is 0 Å². The Balaban J connectivity index is 1.62. The fourth-order valence-corrected chi connectivity index (χ4v) is 7.23. The van der Waals surface area contributed by atoms with Gasteiger partial charge in [-0.1, -0.05) is 20.3 Å². The highest BCUT2D eigenvalue weighted by Gasteiger charge is 2.57. The van der Waals surface area contributed by atoms with E-state index in [1.54, 1.807) is 0 Å². The second kappa shape index (κ2) is 4.48. The number of fused-ring (bicyclic) bond motifs is 5. The Hall–Kier alpha value is -0.0400. The molecule has 4 aliphatic rings. The number of hydrogen-bond donors (Lipinski definition) is 1. The van der Waals surface area contributed by atoms with Crippen LogP contribution in [-0.2, 0) is 0 Å². The van der Waals surface area contributed by atoms with Crippen LogP contribution in [0.4, 0.5) is 0 Å². The average Bonchev–Trinajstić information content (AvgIpc) is 2.81. The molecular formula is C19H32O. The fourth-order valence-electron chi connectivity index (χ4n) is 7.23. The summed E-state index contributed by atoms with van der Waals surface area (Å²) in [7, 11) is 0. The second-order valence-electron chi connectivity index (χ2n) is 9.17. The van der Waals surface area contributed by atoms with Crippen molar-refractivity contribution in [3.8, 4) is 0 Å². The lowest BCUT2D eigenvalue weighted by Gasteiger charge is -2.60. The zero-order valence-corrected chi connectivity index (χ0v) is 13.4. The molecule has 0 unspecified atom stereocenters. The van der Waals surface area contributed by atoms with Crippen LogP contribution in [0.1, 0.15) is 78.1 Å². The number of aliphatic hydroxyl groups excluding tert-OH is 1. The molecule has 7 atom stereocenters. The summed E-state index contributed by atoms with van der Waals surface area (Å²) in [5.74, 6) is 3.85. The van der Waals surface area contributed by atoms with Crippen LogP contribution in [0.5, 0.6) is 0 Å². The van der Waals surface area contributed by atoms with Crippen LogP contribution >= 0.6 is 0 Å². The monoisotopic (exact) mass is 276 g/mol. The third-order valence-corrected chi connectivity index (χ3v) is 8.42. The quantitative estimate of drug-likeness (QED) is 0.675. The normalized spacial score (nSPS) is 58.6. The predicted molar refractivity (Wildman–Crippen MR) is 82.4 cm³/mol. The lowest BCUT2D eigenvalue weighted by Crippen LogP contribution is -2.53. The van der Waals surface area contributed by atoms with Crippen molar-refractivity contribution in [3.63, 3.8) is 0 Å². The van der Waals surface area contributed by atoms with Gasteiger partial charge in [0.15, 0.2) is 0 Å². The van der Waals surface area contributed by atoms with Crippen molar-refractivity contribution in [2.45, 2.75) is 84.2 Å². The van der Waals surface area contributed by atoms with Crippen molar-refractivity contribution < 1.29 is 5.11 Å². The van der Waals surface area contributed by atoms with E-state index < -0.39 is 0 Å². The molecule has 0 heterocycles. The maximum absolute atomic E-state index is 10.0. The Bertz CT molecular complexity index is 391. The highest BCUT2D eigenvalue weighted by atomic mass is 16.3. The second-order valence-corrected chi connectivity index (χ2v) is 9.17. The van der Waals surface area contributed by atoms with E-state index in [4.69, 9.17) is 0 Å². The molecule has 0 saturated heterocycles. The van der Waals surface area contributed by atoms with Gasteiger partial charge in [0.2, 0.25) is 0 Å². The lowest BCUT2D eigenvalue weighted by atomic mass is 9.45. The Labute approximate surface area is 124 Å². The van der Waals surface area contributed by atoms with E-state index in [9.17, 15) is 5.11 Å². The van der Waals surface area contributed by atoms with Crippen molar-refractivity contribution in [1.82, 2.24) is 0 Å². The predicted octanol–water partition coefficient (Wildman–Crippen LogP) is 4.78. The van der Waals surface area contributed by atoms with Gasteiger partial charge in [-0.15, -0.1) is 0 Å². The molecule has 1 N–H and O–H groups in total. The van der Waals surface area contributed by atoms with Crippen molar-refractivity contribution in [2.75, 3.05) is 0 Å². The van der Waals surface area contributed by atoms with Crippen LogP contribution in [0, 0.1) is 34.5 Å². The Kier molecular flexibility index (Phi) is 3.05. The Morgan fingerprint density at radius 3 is 2.55 bits per heavy atom. The lowest BCUT2D eigenvalue weighted by molar-refractivity contribution is -0.120. The minimum atomic E-state index is 0.00459. The molecule has 4 aliphatic carbocycles. The molecule has 4 fully saturated rings. The average molecular weight is 276 g/mol. The van der Waals surface area contributed by atoms with Crippen LogP contribution in [0.25, 0.3) is 0 Å². The molecule has 0 bridgehead atoms. The summed E-state index contributed by atoms with van der Waals surface area (Å²) in [5.41, 5.74) is 1.25. The highest BCUT2D eigenvalue weighted by Crippen LogP contribution is 2.66. The molecule has 1 nitrogen and oxygen atoms in total. The maximum Gasteiger partial charge on any atom is 0.0543 e. The molecule has 1 heteroatoms. The summed E-state index contributed by atoms with van der Waals surface area (Å²) in [5, 5.41) is 10.0. The zero-order chi connectivity index (χ0) is 14.0. The first-order valence-electron chi connectivity index (χ1n) is 9.21. The van der Waals surface area contributed by atoms with E-state index in [1.165, 1.54) is 51.4 Å². The third kappa shape index (κ3) is 1.77. The zero-order valence-electron chi connectivity index (χ0n) is 13.4. The van der Waals surface area contributed by atoms with E-state index in [1.807, 2.05) is 0 Å². The fraction of sp³-hybridized carbons (Fsp3) is 1.00. The van der Waals surface area contributed by atoms with E-state index in [2.05, 4.69) is 13.8 Å². The minimum Gasteiger partial charge on any atom is -0.393 e. The molecule has 0 radical (unpaired) electrons. The van der Waals surface area contributed by atoms with Gasteiger partial charge < -0.3 is 5.11 Å². The van der Waals surface area contributed by atoms with Gasteiger partial charge in [-0.3, -0.25) is 0 Å². The summed E-state index contributed by atoms with van der Waals surface area (Å²) in [6.45, 7) is 5.19. The summed E-state index contributed by atoms with van der Waals surface area (Å²) in [6, 6.07) is 0. The SMILES string of the molecule is C[C@]12CCC[C@@H]1[C@@H]1CC[C@H]3C[C@H](O)CC[C@@]3(C)[C@H]1CC2. The van der Waals surface area contributed by atoms with Crippen LogP contribution in [0.3, 0.4) is 0 Å². The standard InChI is InChI=1S/C19H32O/c1-18-9-3-4-16(18)15-6-5-13-12-14(20)7-11-19(13,2)17(15)8-10-18/h13-17,20H,3-12H2,1-2H3/t13-,14+,15-,16+,17-,18+,19+/m0/s1. The summed E-state index contributed by atoms with van der Waals surface area (Å²) >= 11 is 0. The minimum absolute atomic E-state index is 0.00459. The van der Waals surface area contributed by atoms with Gasteiger partial charge in [0.05, 0.1) is 6.10 Å². The first-order chi connectivity index (χ1) is 9.53. The molecule has 4 saturated carbocycles. The largest absolute Gasteiger partial charge is 0.393 e. The molecule has 0 spiro atoms. The summed E-state index contributed by atoms with van der Waals surface area (Å²) < 4.78 is 0. The van der Waals surface area contributed by atoms with Crippen LogP contribution in [0.15, 0.2) is 0 Å². The van der Waals surface area contributed by atoms with Crippen molar-refractivity contribution in [1.29, 1.82) is 0 Å². The molecule has 20 heavy (non-hydrogen) atoms. The van der Waals surface area contributed by atoms with E-state index in [0.29, 0.717) is 10.8 Å². The number of hydrogen-bond acceptors (Lipinski definition) is 1. The summed E-state index contributed by atoms with van der Waals surface area (Å²) in [6.07, 6.45) is 13.8. The molecule has 0 aliphatic heterocycles. The first kappa shape index (κ1) is 13.6. The van der Waals surface area contributed by atoms with Crippen LogP contribution < -0.4 is 0 Å². The van der Waals surface area contributed by atoms with Gasteiger partial charge in [0, 0.05) is 0 Å². The van der Waals surface area contributed by atoms with Gasteiger partial charge >= 0.3 is 0 Å². The summed E-state index contributed by atoms with van der Waals surface area (Å²) in [4.78, 5) is 0. The molecule has 114 valence electrons. The van der Waals surface area contributed by atoms with Gasteiger partial charge in [-0.25, -0.2) is 0 Å². The van der Waals surface area contributed by atoms with E-state index in [0.717, 1.165) is 36.5 Å². The first-order valence-corrected chi connectivity index (χ1v) is 9.21. The molecule has 0 aromatic rings. The topological polar surface area (TPSA) is 20.2 Å². The Morgan fingerprint density at radius 2 is 1.70 bits per heavy atom. The van der Waals surface area contributed by atoms with Crippen molar-refractivity contribution >= 4 is 0 Å². The Morgan fingerprint density at radius 1 is 0.850 bits per heavy atom. The smallest absolute Gasteiger partial charge is 0.0543 e. The van der Waals surface area contributed by atoms with Crippen molar-refractivity contribution in [2.24, 2.45) is 34.5 Å². The third-order valence-electron chi connectivity index (χ3n) is 8.42. The van der Waals surface area contributed by atoms with Gasteiger partial charge in [-0.2, -0.15) is 0 Å². The highest BCUT2D eigenvalue weighted by molar-refractivity contribution is 5.07. The molecule has 4 rings (SSSR count). The number of rotatable bonds is 0. The van der Waals surface area contributed by atoms with Gasteiger partial charge in [0.25, 0.3) is 0 Å².